The van der Waals surface area contributed by atoms with Gasteiger partial charge in [-0.2, -0.15) is 5.26 Å². The molecule has 3 heterocycles. The molecule has 0 aliphatic carbocycles. The van der Waals surface area contributed by atoms with Gasteiger partial charge in [0.05, 0.1) is 10.9 Å². The van der Waals surface area contributed by atoms with Gasteiger partial charge in [-0.1, -0.05) is 24.3 Å². The number of ether oxygens (including phenoxy) is 1. The van der Waals surface area contributed by atoms with E-state index in [1.165, 1.54) is 6.33 Å². The topological polar surface area (TPSA) is 124 Å². The van der Waals surface area contributed by atoms with E-state index in [0.717, 1.165) is 19.3 Å². The first-order chi connectivity index (χ1) is 19.1. The fraction of sp³-hybridized carbons (Fsp3) is 0.233. The largest absolute Gasteiger partial charge is 0.457 e. The molecule has 0 saturated carbocycles. The molecule has 1 aliphatic heterocycles. The summed E-state index contributed by atoms with van der Waals surface area (Å²) in [5.74, 6) is 1.43. The third-order valence-corrected chi connectivity index (χ3v) is 6.84. The van der Waals surface area contributed by atoms with E-state index in [1.807, 2.05) is 36.4 Å². The molecule has 2 N–H and O–H groups in total. The Bertz CT molecular complexity index is 1550. The number of nitrogens with zero attached hydrogens (tertiary/aromatic N) is 4. The van der Waals surface area contributed by atoms with Crippen LogP contribution in [0.4, 0.5) is 5.82 Å². The molecule has 2 aromatic heterocycles. The zero-order valence-electron chi connectivity index (χ0n) is 21.6. The second-order valence-electron chi connectivity index (χ2n) is 9.26. The molecule has 2 aromatic carbocycles. The van der Waals surface area contributed by atoms with Crippen molar-refractivity contribution in [1.82, 2.24) is 19.9 Å². The van der Waals surface area contributed by atoms with Crippen molar-refractivity contribution in [3.05, 3.63) is 89.9 Å². The van der Waals surface area contributed by atoms with Crippen molar-refractivity contribution in [2.24, 2.45) is 0 Å². The molecule has 9 heteroatoms. The maximum absolute atomic E-state index is 13.5. The Labute approximate surface area is 226 Å². The average Bonchev–Trinajstić information content (AvgIpc) is 3.42. The van der Waals surface area contributed by atoms with Crippen molar-refractivity contribution in [2.75, 3.05) is 18.4 Å². The van der Waals surface area contributed by atoms with Crippen LogP contribution in [0.3, 0.4) is 0 Å². The van der Waals surface area contributed by atoms with E-state index >= 15 is 0 Å². The number of carbonyl (C=O) groups excluding carboxylic acids is 2. The number of rotatable bonds is 8. The monoisotopic (exact) mass is 520 g/mol. The third-order valence-electron chi connectivity index (χ3n) is 6.84. The van der Waals surface area contributed by atoms with Gasteiger partial charge in [-0.25, -0.2) is 9.97 Å². The zero-order chi connectivity index (χ0) is 27.2. The minimum Gasteiger partial charge on any atom is -0.457 e. The van der Waals surface area contributed by atoms with Gasteiger partial charge in [-0.05, 0) is 62.6 Å². The maximum Gasteiger partial charge on any atom is 0.264 e. The van der Waals surface area contributed by atoms with Crippen LogP contribution in [0, 0.1) is 11.3 Å². The smallest absolute Gasteiger partial charge is 0.264 e. The van der Waals surface area contributed by atoms with Crippen LogP contribution < -0.4 is 10.1 Å². The average molecular weight is 521 g/mol. The number of amides is 1. The number of carbonyl (C=O) groups is 2. The Morgan fingerprint density at radius 3 is 2.64 bits per heavy atom. The van der Waals surface area contributed by atoms with E-state index in [0.29, 0.717) is 52.6 Å². The highest BCUT2D eigenvalue weighted by atomic mass is 16.5. The highest BCUT2D eigenvalue weighted by Crippen LogP contribution is 2.28. The molecular formula is C30H28N6O3. The molecule has 1 saturated heterocycles. The molecule has 1 unspecified atom stereocenters. The maximum atomic E-state index is 13.5. The summed E-state index contributed by atoms with van der Waals surface area (Å²) in [5, 5.41) is 13.3. The first-order valence-corrected chi connectivity index (χ1v) is 12.9. The normalized spacial score (nSPS) is 15.5. The number of anilines is 1. The number of piperidine rings is 1. The molecular weight excluding hydrogens is 492 g/mol. The lowest BCUT2D eigenvalue weighted by Gasteiger charge is -2.35. The highest BCUT2D eigenvalue weighted by Gasteiger charge is 2.29. The van der Waals surface area contributed by atoms with E-state index in [2.05, 4.69) is 20.3 Å². The summed E-state index contributed by atoms with van der Waals surface area (Å²) < 4.78 is 5.84. The number of likely N-dealkylation sites (tertiary alicyclic amines) is 1. The Balaban J connectivity index is 1.35. The molecule has 9 nitrogen and oxygen atoms in total. The predicted octanol–water partition coefficient (Wildman–Crippen LogP) is 5.24. The van der Waals surface area contributed by atoms with Gasteiger partial charge in [0.15, 0.2) is 5.78 Å². The lowest BCUT2D eigenvalue weighted by Crippen LogP contribution is -2.47. The van der Waals surface area contributed by atoms with Gasteiger partial charge >= 0.3 is 0 Å². The molecule has 1 amide bonds. The van der Waals surface area contributed by atoms with Crippen LogP contribution in [0.5, 0.6) is 11.5 Å². The van der Waals surface area contributed by atoms with E-state index < -0.39 is 0 Å². The van der Waals surface area contributed by atoms with Crippen LogP contribution in [0.15, 0.2) is 78.8 Å². The van der Waals surface area contributed by atoms with Gasteiger partial charge in [-0.3, -0.25) is 9.59 Å². The first kappa shape index (κ1) is 25.7. The van der Waals surface area contributed by atoms with Gasteiger partial charge in [0.1, 0.15) is 40.9 Å². The Morgan fingerprint density at radius 1 is 1.13 bits per heavy atom. The number of nitrogens with one attached hydrogen (secondary N) is 2. The second kappa shape index (κ2) is 11.6. The molecule has 196 valence electrons. The quantitative estimate of drug-likeness (QED) is 0.185. The highest BCUT2D eigenvalue weighted by molar-refractivity contribution is 6.18. The molecule has 1 aliphatic rings. The van der Waals surface area contributed by atoms with Crippen LogP contribution in [0.25, 0.3) is 11.0 Å². The summed E-state index contributed by atoms with van der Waals surface area (Å²) in [6.07, 6.45) is 7.32. The van der Waals surface area contributed by atoms with Crippen LogP contribution in [0.1, 0.15) is 42.1 Å². The van der Waals surface area contributed by atoms with E-state index in [9.17, 15) is 14.9 Å². The van der Waals surface area contributed by atoms with Crippen molar-refractivity contribution >= 4 is 28.5 Å². The van der Waals surface area contributed by atoms with Crippen LogP contribution in [-0.4, -0.2) is 50.7 Å². The summed E-state index contributed by atoms with van der Waals surface area (Å²) >= 11 is 0. The van der Waals surface area contributed by atoms with E-state index in [-0.39, 0.29) is 23.3 Å². The summed E-state index contributed by atoms with van der Waals surface area (Å²) in [7, 11) is 0. The van der Waals surface area contributed by atoms with Crippen molar-refractivity contribution < 1.29 is 14.3 Å². The van der Waals surface area contributed by atoms with E-state index in [1.54, 1.807) is 48.4 Å². The zero-order valence-corrected chi connectivity index (χ0v) is 21.6. The van der Waals surface area contributed by atoms with Gasteiger partial charge < -0.3 is 19.9 Å². The molecule has 4 aromatic rings. The lowest BCUT2D eigenvalue weighted by atomic mass is 10.0. The molecule has 0 radical (unpaired) electrons. The lowest BCUT2D eigenvalue weighted by molar-refractivity contribution is -0.129. The summed E-state index contributed by atoms with van der Waals surface area (Å²) in [6, 6.07) is 18.3. The number of benzene rings is 2. The fourth-order valence-electron chi connectivity index (χ4n) is 4.82. The number of aromatic amines is 1. The first-order valence-electron chi connectivity index (χ1n) is 12.9. The number of nitriles is 1. The second-order valence-corrected chi connectivity index (χ2v) is 9.26. The predicted molar refractivity (Wildman–Crippen MR) is 147 cm³/mol. The third kappa shape index (κ3) is 5.50. The molecule has 0 spiro atoms. The number of allylic oxidation sites excluding steroid dienone is 1. The number of H-pyrrole nitrogens is 1. The van der Waals surface area contributed by atoms with Crippen LogP contribution >= 0.6 is 0 Å². The molecule has 1 atom stereocenters. The molecule has 1 fully saturated rings. The van der Waals surface area contributed by atoms with Crippen molar-refractivity contribution in [3.63, 3.8) is 0 Å². The van der Waals surface area contributed by atoms with Crippen molar-refractivity contribution in [2.45, 2.75) is 32.2 Å². The number of aromatic nitrogens is 3. The van der Waals surface area contributed by atoms with Crippen LogP contribution in [-0.2, 0) is 4.79 Å². The van der Waals surface area contributed by atoms with Gasteiger partial charge in [0.25, 0.3) is 5.91 Å². The Morgan fingerprint density at radius 2 is 1.90 bits per heavy atom. The van der Waals surface area contributed by atoms with E-state index in [4.69, 9.17) is 4.74 Å². The number of hydrogen-bond donors (Lipinski definition) is 2. The number of hydrogen-bond acceptors (Lipinski definition) is 7. The molecule has 39 heavy (non-hydrogen) atoms. The standard InChI is InChI=1S/C30H28N6O3/c1-2-20(16-31)30(38)36-15-7-6-8-22(36)17-32-28-26-25(18-33-29(26)35-19-34-28)27(37)21-11-13-24(14-12-21)39-23-9-4-3-5-10-23/h2-5,9-14,18-19,22H,6-8,15,17H2,1H3,(H2,32,33,34,35)/b20-2+. The SMILES string of the molecule is C/C=C(\C#N)C(=O)N1CCCCC1CNc1ncnc2[nH]cc(C(=O)c3ccc(Oc4ccccc4)cc3)c12. The van der Waals surface area contributed by atoms with Gasteiger partial charge in [0, 0.05) is 30.9 Å². The Kier molecular flexibility index (Phi) is 7.64. The summed E-state index contributed by atoms with van der Waals surface area (Å²) in [4.78, 5) is 39.9. The van der Waals surface area contributed by atoms with Gasteiger partial charge in [-0.15, -0.1) is 0 Å². The number of fused-ring (bicyclic) bond motifs is 1. The summed E-state index contributed by atoms with van der Waals surface area (Å²) in [5.41, 5.74) is 1.63. The fourth-order valence-corrected chi connectivity index (χ4v) is 4.82. The van der Waals surface area contributed by atoms with Crippen LogP contribution in [0.2, 0.25) is 0 Å². The number of para-hydroxylation sites is 1. The van der Waals surface area contributed by atoms with Crippen molar-refractivity contribution in [1.29, 1.82) is 5.26 Å². The van der Waals surface area contributed by atoms with Gasteiger partial charge in [0.2, 0.25) is 0 Å². The number of ketones is 1. The summed E-state index contributed by atoms with van der Waals surface area (Å²) in [6.45, 7) is 2.73. The minimum absolute atomic E-state index is 0.102. The van der Waals surface area contributed by atoms with Crippen molar-refractivity contribution in [3.8, 4) is 17.6 Å². The Hall–Kier alpha value is -4.97. The molecule has 5 rings (SSSR count). The molecule has 0 bridgehead atoms. The minimum atomic E-state index is -0.253.